The summed E-state index contributed by atoms with van der Waals surface area (Å²) in [7, 11) is 0. The van der Waals surface area contributed by atoms with E-state index in [1.165, 1.54) is 11.3 Å². The van der Waals surface area contributed by atoms with Crippen LogP contribution in [-0.2, 0) is 11.3 Å². The molecule has 1 rings (SSSR count). The number of ether oxygens (including phenoxy) is 1. The summed E-state index contributed by atoms with van der Waals surface area (Å²) in [6.45, 7) is 5.91. The van der Waals surface area contributed by atoms with Crippen LogP contribution < -0.4 is 5.32 Å². The Bertz CT molecular complexity index is 266. The first kappa shape index (κ1) is 14.6. The van der Waals surface area contributed by atoms with Crippen LogP contribution in [0.25, 0.3) is 0 Å². The average Bonchev–Trinajstić information content (AvgIpc) is 2.38. The molecule has 0 heterocycles. The Morgan fingerprint density at radius 2 is 2.00 bits per heavy atom. The summed E-state index contributed by atoms with van der Waals surface area (Å²) < 4.78 is 5.53. The minimum absolute atomic E-state index is 0.867. The SMILES string of the molecule is CCSCCOCCCNCc1ccccc1. The first-order valence-corrected chi connectivity index (χ1v) is 7.49. The lowest BCUT2D eigenvalue weighted by molar-refractivity contribution is 0.147. The van der Waals surface area contributed by atoms with Crippen LogP contribution in [0.3, 0.4) is 0 Å². The highest BCUT2D eigenvalue weighted by Gasteiger charge is 1.92. The highest BCUT2D eigenvalue weighted by Crippen LogP contribution is 1.98. The zero-order valence-electron chi connectivity index (χ0n) is 10.7. The van der Waals surface area contributed by atoms with Gasteiger partial charge >= 0.3 is 0 Å². The molecule has 0 radical (unpaired) electrons. The molecule has 17 heavy (non-hydrogen) atoms. The van der Waals surface area contributed by atoms with E-state index in [1.54, 1.807) is 0 Å². The predicted octanol–water partition coefficient (Wildman–Crippen LogP) is 2.94. The summed E-state index contributed by atoms with van der Waals surface area (Å²) in [5, 5.41) is 3.42. The number of benzene rings is 1. The van der Waals surface area contributed by atoms with Crippen molar-refractivity contribution in [1.82, 2.24) is 5.32 Å². The van der Waals surface area contributed by atoms with Crippen molar-refractivity contribution in [3.8, 4) is 0 Å². The zero-order valence-corrected chi connectivity index (χ0v) is 11.5. The molecule has 0 spiro atoms. The highest BCUT2D eigenvalue weighted by atomic mass is 32.2. The van der Waals surface area contributed by atoms with Crippen molar-refractivity contribution in [3.05, 3.63) is 35.9 Å². The Morgan fingerprint density at radius 3 is 2.76 bits per heavy atom. The van der Waals surface area contributed by atoms with Crippen molar-refractivity contribution in [3.63, 3.8) is 0 Å². The van der Waals surface area contributed by atoms with Crippen molar-refractivity contribution >= 4 is 11.8 Å². The second kappa shape index (κ2) is 10.6. The van der Waals surface area contributed by atoms with Gasteiger partial charge in [-0.3, -0.25) is 0 Å². The predicted molar refractivity (Wildman–Crippen MR) is 76.6 cm³/mol. The van der Waals surface area contributed by atoms with Crippen molar-refractivity contribution < 1.29 is 4.74 Å². The van der Waals surface area contributed by atoms with Crippen molar-refractivity contribution in [2.75, 3.05) is 31.3 Å². The van der Waals surface area contributed by atoms with Crippen LogP contribution in [0.15, 0.2) is 30.3 Å². The summed E-state index contributed by atoms with van der Waals surface area (Å²) >= 11 is 1.93. The van der Waals surface area contributed by atoms with E-state index < -0.39 is 0 Å². The van der Waals surface area contributed by atoms with Gasteiger partial charge < -0.3 is 10.1 Å². The fraction of sp³-hybridized carbons (Fsp3) is 0.571. The van der Waals surface area contributed by atoms with Gasteiger partial charge in [0.1, 0.15) is 0 Å². The average molecular weight is 253 g/mol. The maximum atomic E-state index is 5.53. The van der Waals surface area contributed by atoms with Gasteiger partial charge in [-0.2, -0.15) is 11.8 Å². The smallest absolute Gasteiger partial charge is 0.0556 e. The molecule has 0 atom stereocenters. The molecular weight excluding hydrogens is 230 g/mol. The van der Waals surface area contributed by atoms with Gasteiger partial charge in [-0.25, -0.2) is 0 Å². The monoisotopic (exact) mass is 253 g/mol. The molecule has 1 aromatic carbocycles. The number of nitrogens with one attached hydrogen (secondary N) is 1. The molecule has 2 nitrogen and oxygen atoms in total. The topological polar surface area (TPSA) is 21.3 Å². The Hall–Kier alpha value is -0.510. The van der Waals surface area contributed by atoms with E-state index in [1.807, 2.05) is 17.8 Å². The van der Waals surface area contributed by atoms with E-state index in [0.717, 1.165) is 38.5 Å². The van der Waals surface area contributed by atoms with Crippen molar-refractivity contribution in [2.24, 2.45) is 0 Å². The standard InChI is InChI=1S/C14H23NOS/c1-2-17-12-11-16-10-6-9-15-13-14-7-4-3-5-8-14/h3-5,7-8,15H,2,6,9-13H2,1H3. The number of rotatable bonds is 10. The first-order valence-electron chi connectivity index (χ1n) is 6.33. The van der Waals surface area contributed by atoms with Gasteiger partial charge in [0.15, 0.2) is 0 Å². The Morgan fingerprint density at radius 1 is 1.18 bits per heavy atom. The Balaban J connectivity index is 1.85. The van der Waals surface area contributed by atoms with Gasteiger partial charge in [0, 0.05) is 18.9 Å². The van der Waals surface area contributed by atoms with E-state index in [-0.39, 0.29) is 0 Å². The molecule has 0 saturated heterocycles. The van der Waals surface area contributed by atoms with E-state index in [2.05, 4.69) is 36.5 Å². The Labute approximate surface area is 109 Å². The van der Waals surface area contributed by atoms with Crippen LogP contribution in [-0.4, -0.2) is 31.3 Å². The minimum atomic E-state index is 0.867. The van der Waals surface area contributed by atoms with Crippen molar-refractivity contribution in [2.45, 2.75) is 19.9 Å². The Kier molecular flexibility index (Phi) is 9.10. The third-order valence-electron chi connectivity index (χ3n) is 2.39. The molecule has 0 aliphatic heterocycles. The van der Waals surface area contributed by atoms with Gasteiger partial charge in [-0.05, 0) is 24.3 Å². The lowest BCUT2D eigenvalue weighted by Crippen LogP contribution is -2.16. The van der Waals surface area contributed by atoms with Crippen LogP contribution >= 0.6 is 11.8 Å². The highest BCUT2D eigenvalue weighted by molar-refractivity contribution is 7.99. The lowest BCUT2D eigenvalue weighted by Gasteiger charge is -2.05. The molecule has 0 fully saturated rings. The van der Waals surface area contributed by atoms with Crippen LogP contribution in [0.1, 0.15) is 18.9 Å². The molecule has 0 aliphatic carbocycles. The summed E-state index contributed by atoms with van der Waals surface area (Å²) in [5.74, 6) is 2.30. The molecule has 0 bridgehead atoms. The van der Waals surface area contributed by atoms with Crippen LogP contribution in [0.2, 0.25) is 0 Å². The first-order chi connectivity index (χ1) is 8.43. The molecule has 0 amide bonds. The second-order valence-electron chi connectivity index (χ2n) is 3.83. The fourth-order valence-corrected chi connectivity index (χ4v) is 2.02. The summed E-state index contributed by atoms with van der Waals surface area (Å²) in [5.41, 5.74) is 1.34. The molecule has 0 aliphatic rings. The van der Waals surface area contributed by atoms with Gasteiger partial charge in [-0.15, -0.1) is 0 Å². The van der Waals surface area contributed by atoms with Gasteiger partial charge in [0.2, 0.25) is 0 Å². The molecule has 0 unspecified atom stereocenters. The second-order valence-corrected chi connectivity index (χ2v) is 5.22. The summed E-state index contributed by atoms with van der Waals surface area (Å²) in [6, 6.07) is 10.5. The molecular formula is C14H23NOS. The van der Waals surface area contributed by atoms with Crippen LogP contribution in [0, 0.1) is 0 Å². The maximum Gasteiger partial charge on any atom is 0.0556 e. The summed E-state index contributed by atoms with van der Waals surface area (Å²) in [6.07, 6.45) is 1.09. The largest absolute Gasteiger partial charge is 0.381 e. The molecule has 3 heteroatoms. The molecule has 0 aromatic heterocycles. The van der Waals surface area contributed by atoms with Gasteiger partial charge in [0.05, 0.1) is 6.61 Å². The van der Waals surface area contributed by atoms with Crippen LogP contribution in [0.5, 0.6) is 0 Å². The van der Waals surface area contributed by atoms with E-state index in [4.69, 9.17) is 4.74 Å². The lowest BCUT2D eigenvalue weighted by atomic mass is 10.2. The quantitative estimate of drug-likeness (QED) is 0.648. The number of hydrogen-bond acceptors (Lipinski definition) is 3. The van der Waals surface area contributed by atoms with Gasteiger partial charge in [-0.1, -0.05) is 37.3 Å². The maximum absolute atomic E-state index is 5.53. The van der Waals surface area contributed by atoms with E-state index in [0.29, 0.717) is 0 Å². The molecule has 0 saturated carbocycles. The fourth-order valence-electron chi connectivity index (χ4n) is 1.49. The third-order valence-corrected chi connectivity index (χ3v) is 3.25. The van der Waals surface area contributed by atoms with Gasteiger partial charge in [0.25, 0.3) is 0 Å². The normalized spacial score (nSPS) is 10.6. The molecule has 1 aromatic rings. The molecule has 1 N–H and O–H groups in total. The van der Waals surface area contributed by atoms with Crippen LogP contribution in [0.4, 0.5) is 0 Å². The third kappa shape index (κ3) is 8.25. The zero-order chi connectivity index (χ0) is 12.2. The molecule has 96 valence electrons. The summed E-state index contributed by atoms with van der Waals surface area (Å²) in [4.78, 5) is 0. The van der Waals surface area contributed by atoms with Crippen molar-refractivity contribution in [1.29, 1.82) is 0 Å². The van der Waals surface area contributed by atoms with E-state index in [9.17, 15) is 0 Å². The van der Waals surface area contributed by atoms with E-state index >= 15 is 0 Å². The number of thioether (sulfide) groups is 1. The number of hydrogen-bond donors (Lipinski definition) is 1. The minimum Gasteiger partial charge on any atom is -0.381 e.